The zero-order valence-electron chi connectivity index (χ0n) is 11.7. The van der Waals surface area contributed by atoms with E-state index in [2.05, 4.69) is 35.9 Å². The lowest BCUT2D eigenvalue weighted by Crippen LogP contribution is -2.26. The standard InChI is InChI=1S/C16H21N3/c1-3-9-19(4-2)10-8-14-12-18-16-13(11-17)6-5-7-15(14)16/h5-7,12,18H,3-4,8-10H2,1-2H3. The van der Waals surface area contributed by atoms with Crippen LogP contribution in [-0.2, 0) is 6.42 Å². The lowest BCUT2D eigenvalue weighted by molar-refractivity contribution is 0.293. The molecule has 0 saturated carbocycles. The van der Waals surface area contributed by atoms with Crippen LogP contribution in [0, 0.1) is 11.3 Å². The van der Waals surface area contributed by atoms with Crippen molar-refractivity contribution in [3.63, 3.8) is 0 Å². The van der Waals surface area contributed by atoms with Gasteiger partial charge < -0.3 is 9.88 Å². The van der Waals surface area contributed by atoms with Crippen molar-refractivity contribution in [1.29, 1.82) is 5.26 Å². The lowest BCUT2D eigenvalue weighted by Gasteiger charge is -2.18. The molecule has 19 heavy (non-hydrogen) atoms. The maximum absolute atomic E-state index is 9.09. The molecule has 1 heterocycles. The van der Waals surface area contributed by atoms with E-state index in [1.165, 1.54) is 17.4 Å². The average Bonchev–Trinajstić information content (AvgIpc) is 2.86. The predicted molar refractivity (Wildman–Crippen MR) is 79.1 cm³/mol. The summed E-state index contributed by atoms with van der Waals surface area (Å²) >= 11 is 0. The summed E-state index contributed by atoms with van der Waals surface area (Å²) in [5, 5.41) is 10.3. The number of nitriles is 1. The Hall–Kier alpha value is -1.79. The number of hydrogen-bond acceptors (Lipinski definition) is 2. The molecule has 0 spiro atoms. The van der Waals surface area contributed by atoms with E-state index >= 15 is 0 Å². The van der Waals surface area contributed by atoms with E-state index in [1.54, 1.807) is 0 Å². The maximum Gasteiger partial charge on any atom is 0.101 e. The molecule has 3 nitrogen and oxygen atoms in total. The van der Waals surface area contributed by atoms with E-state index < -0.39 is 0 Å². The topological polar surface area (TPSA) is 42.8 Å². The van der Waals surface area contributed by atoms with Gasteiger partial charge in [-0.05, 0) is 37.6 Å². The van der Waals surface area contributed by atoms with Crippen molar-refractivity contribution in [3.8, 4) is 6.07 Å². The molecule has 0 saturated heterocycles. The Morgan fingerprint density at radius 1 is 1.26 bits per heavy atom. The molecule has 0 aliphatic heterocycles. The number of para-hydroxylation sites is 1. The zero-order valence-corrected chi connectivity index (χ0v) is 11.7. The highest BCUT2D eigenvalue weighted by molar-refractivity contribution is 5.87. The second-order valence-electron chi connectivity index (χ2n) is 4.84. The number of H-pyrrole nitrogens is 1. The van der Waals surface area contributed by atoms with Crippen LogP contribution in [0.4, 0.5) is 0 Å². The van der Waals surface area contributed by atoms with Gasteiger partial charge in [-0.3, -0.25) is 0 Å². The fourth-order valence-corrected chi connectivity index (χ4v) is 2.54. The SMILES string of the molecule is CCCN(CC)CCc1c[nH]c2c(C#N)cccc12. The van der Waals surface area contributed by atoms with Crippen LogP contribution in [-0.4, -0.2) is 29.5 Å². The van der Waals surface area contributed by atoms with Crippen molar-refractivity contribution in [3.05, 3.63) is 35.5 Å². The third kappa shape index (κ3) is 2.97. The molecule has 0 atom stereocenters. The second-order valence-corrected chi connectivity index (χ2v) is 4.84. The van der Waals surface area contributed by atoms with Gasteiger partial charge >= 0.3 is 0 Å². The minimum atomic E-state index is 0.727. The molecule has 0 bridgehead atoms. The van der Waals surface area contributed by atoms with Gasteiger partial charge in [0.05, 0.1) is 11.1 Å². The maximum atomic E-state index is 9.09. The molecule has 2 aromatic rings. The van der Waals surface area contributed by atoms with E-state index in [9.17, 15) is 0 Å². The van der Waals surface area contributed by atoms with Crippen molar-refractivity contribution >= 4 is 10.9 Å². The molecule has 2 rings (SSSR count). The Bertz CT molecular complexity index is 577. The molecular weight excluding hydrogens is 234 g/mol. The summed E-state index contributed by atoms with van der Waals surface area (Å²) in [6.45, 7) is 7.75. The average molecular weight is 255 g/mol. The first-order chi connectivity index (χ1) is 9.30. The molecule has 1 aromatic carbocycles. The number of fused-ring (bicyclic) bond motifs is 1. The molecule has 1 aromatic heterocycles. The Morgan fingerprint density at radius 2 is 2.11 bits per heavy atom. The number of likely N-dealkylation sites (N-methyl/N-ethyl adjacent to an activating group) is 1. The van der Waals surface area contributed by atoms with Crippen molar-refractivity contribution in [2.24, 2.45) is 0 Å². The highest BCUT2D eigenvalue weighted by atomic mass is 15.1. The highest BCUT2D eigenvalue weighted by Crippen LogP contribution is 2.21. The second kappa shape index (κ2) is 6.40. The Morgan fingerprint density at radius 3 is 2.79 bits per heavy atom. The third-order valence-electron chi connectivity index (χ3n) is 3.61. The van der Waals surface area contributed by atoms with Crippen molar-refractivity contribution < 1.29 is 0 Å². The van der Waals surface area contributed by atoms with E-state index in [4.69, 9.17) is 5.26 Å². The van der Waals surface area contributed by atoms with Crippen LogP contribution in [0.5, 0.6) is 0 Å². The van der Waals surface area contributed by atoms with Gasteiger partial charge in [0.1, 0.15) is 6.07 Å². The number of nitrogens with zero attached hydrogens (tertiary/aromatic N) is 2. The van der Waals surface area contributed by atoms with Crippen LogP contribution in [0.25, 0.3) is 10.9 Å². The molecule has 0 radical (unpaired) electrons. The van der Waals surface area contributed by atoms with Gasteiger partial charge in [-0.2, -0.15) is 5.26 Å². The number of nitrogens with one attached hydrogen (secondary N) is 1. The number of rotatable bonds is 6. The van der Waals surface area contributed by atoms with Gasteiger partial charge in [-0.25, -0.2) is 0 Å². The van der Waals surface area contributed by atoms with Crippen LogP contribution >= 0.6 is 0 Å². The fourth-order valence-electron chi connectivity index (χ4n) is 2.54. The first-order valence-electron chi connectivity index (χ1n) is 7.01. The van der Waals surface area contributed by atoms with Gasteiger partial charge in [-0.1, -0.05) is 26.0 Å². The molecular formula is C16H21N3. The Balaban J connectivity index is 2.16. The molecule has 0 aliphatic carbocycles. The summed E-state index contributed by atoms with van der Waals surface area (Å²) in [6, 6.07) is 8.15. The Labute approximate surface area is 114 Å². The van der Waals surface area contributed by atoms with Gasteiger partial charge in [-0.15, -0.1) is 0 Å². The van der Waals surface area contributed by atoms with Crippen LogP contribution in [0.2, 0.25) is 0 Å². The lowest BCUT2D eigenvalue weighted by atomic mass is 10.1. The van der Waals surface area contributed by atoms with Gasteiger partial charge in [0.2, 0.25) is 0 Å². The molecule has 0 aliphatic rings. The fraction of sp³-hybridized carbons (Fsp3) is 0.438. The van der Waals surface area contributed by atoms with Gasteiger partial charge in [0.25, 0.3) is 0 Å². The van der Waals surface area contributed by atoms with E-state index in [-0.39, 0.29) is 0 Å². The minimum Gasteiger partial charge on any atom is -0.360 e. The summed E-state index contributed by atoms with van der Waals surface area (Å²) in [4.78, 5) is 5.71. The summed E-state index contributed by atoms with van der Waals surface area (Å²) < 4.78 is 0. The van der Waals surface area contributed by atoms with Crippen LogP contribution in [0.1, 0.15) is 31.4 Å². The number of aromatic nitrogens is 1. The van der Waals surface area contributed by atoms with E-state index in [0.29, 0.717) is 0 Å². The van der Waals surface area contributed by atoms with Gasteiger partial charge in [0, 0.05) is 18.1 Å². The minimum absolute atomic E-state index is 0.727. The van der Waals surface area contributed by atoms with Crippen LogP contribution in [0.15, 0.2) is 24.4 Å². The quantitative estimate of drug-likeness (QED) is 0.860. The molecule has 0 unspecified atom stereocenters. The molecule has 3 heteroatoms. The van der Waals surface area contributed by atoms with E-state index in [0.717, 1.165) is 37.1 Å². The van der Waals surface area contributed by atoms with E-state index in [1.807, 2.05) is 18.3 Å². The first kappa shape index (κ1) is 13.6. The van der Waals surface area contributed by atoms with Crippen LogP contribution in [0.3, 0.4) is 0 Å². The molecule has 100 valence electrons. The number of hydrogen-bond donors (Lipinski definition) is 1. The summed E-state index contributed by atoms with van der Waals surface area (Å²) in [5.74, 6) is 0. The van der Waals surface area contributed by atoms with Crippen molar-refractivity contribution in [2.45, 2.75) is 26.7 Å². The van der Waals surface area contributed by atoms with Crippen molar-refractivity contribution in [1.82, 2.24) is 9.88 Å². The predicted octanol–water partition coefficient (Wildman–Crippen LogP) is 3.31. The first-order valence-corrected chi connectivity index (χ1v) is 7.01. The molecule has 1 N–H and O–H groups in total. The Kier molecular flexibility index (Phi) is 4.59. The summed E-state index contributed by atoms with van der Waals surface area (Å²) in [7, 11) is 0. The number of benzene rings is 1. The highest BCUT2D eigenvalue weighted by Gasteiger charge is 2.08. The number of aromatic amines is 1. The smallest absolute Gasteiger partial charge is 0.101 e. The monoisotopic (exact) mass is 255 g/mol. The normalized spacial score (nSPS) is 11.1. The largest absolute Gasteiger partial charge is 0.360 e. The summed E-state index contributed by atoms with van der Waals surface area (Å²) in [5.41, 5.74) is 3.00. The zero-order chi connectivity index (χ0) is 13.7. The third-order valence-corrected chi connectivity index (χ3v) is 3.61. The van der Waals surface area contributed by atoms with Crippen LogP contribution < -0.4 is 0 Å². The molecule has 0 amide bonds. The summed E-state index contributed by atoms with van der Waals surface area (Å²) in [6.07, 6.45) is 4.27. The molecule has 0 fully saturated rings. The van der Waals surface area contributed by atoms with Gasteiger partial charge in [0.15, 0.2) is 0 Å². The van der Waals surface area contributed by atoms with Crippen molar-refractivity contribution in [2.75, 3.05) is 19.6 Å².